The Morgan fingerprint density at radius 1 is 1.25 bits per heavy atom. The van der Waals surface area contributed by atoms with E-state index in [1.54, 1.807) is 17.0 Å². The van der Waals surface area contributed by atoms with E-state index in [4.69, 9.17) is 10.5 Å². The number of hydrogen-bond acceptors (Lipinski definition) is 5. The zero-order valence-electron chi connectivity index (χ0n) is 15.6. The van der Waals surface area contributed by atoms with Crippen LogP contribution in [0.3, 0.4) is 0 Å². The molecule has 1 heterocycles. The van der Waals surface area contributed by atoms with Gasteiger partial charge in [-0.05, 0) is 48.7 Å². The summed E-state index contributed by atoms with van der Waals surface area (Å²) in [6.07, 6.45) is 1.63. The number of sulfonamides is 1. The monoisotopic (exact) mass is 425 g/mol. The molecule has 1 aliphatic heterocycles. The average Bonchev–Trinajstić information content (AvgIpc) is 2.68. The van der Waals surface area contributed by atoms with Crippen LogP contribution in [0.25, 0.3) is 0 Å². The number of fused-ring (bicyclic) bond motifs is 1. The Bertz CT molecular complexity index is 950. The van der Waals surface area contributed by atoms with E-state index in [0.29, 0.717) is 17.8 Å². The molecule has 0 aromatic heterocycles. The Morgan fingerprint density at radius 2 is 2.00 bits per heavy atom. The van der Waals surface area contributed by atoms with E-state index in [9.17, 15) is 13.2 Å². The highest BCUT2D eigenvalue weighted by Crippen LogP contribution is 2.32. The van der Waals surface area contributed by atoms with Crippen molar-refractivity contribution in [1.82, 2.24) is 4.72 Å². The number of hydrogen-bond donors (Lipinski definition) is 2. The maximum absolute atomic E-state index is 13.1. The molecule has 0 saturated heterocycles. The van der Waals surface area contributed by atoms with Gasteiger partial charge in [0.2, 0.25) is 10.0 Å². The van der Waals surface area contributed by atoms with E-state index in [1.807, 2.05) is 18.2 Å². The number of nitrogens with one attached hydrogen (secondary N) is 1. The number of ether oxygens (including phenoxy) is 1. The Morgan fingerprint density at radius 3 is 2.75 bits per heavy atom. The number of nitrogens with two attached hydrogens (primary N) is 1. The Hall–Kier alpha value is -2.13. The van der Waals surface area contributed by atoms with Gasteiger partial charge >= 0.3 is 0 Å². The number of benzene rings is 2. The summed E-state index contributed by atoms with van der Waals surface area (Å²) >= 11 is 0. The van der Waals surface area contributed by atoms with Gasteiger partial charge in [0.15, 0.2) is 0 Å². The fourth-order valence-corrected chi connectivity index (χ4v) is 4.23. The summed E-state index contributed by atoms with van der Waals surface area (Å²) in [5.41, 5.74) is 8.79. The van der Waals surface area contributed by atoms with Crippen LogP contribution in [-0.4, -0.2) is 41.1 Å². The number of nitrogens with zero attached hydrogens (tertiary/aromatic N) is 1. The van der Waals surface area contributed by atoms with Crippen molar-refractivity contribution in [3.8, 4) is 0 Å². The molecule has 3 rings (SSSR count). The SMILES string of the molecule is COCCNS(=O)(=O)c1cccc(C(=O)N2CCCc3c(N)cccc32)c1.Cl. The number of rotatable bonds is 6. The fourth-order valence-electron chi connectivity index (χ4n) is 3.18. The third-order valence-corrected chi connectivity index (χ3v) is 5.98. The first-order chi connectivity index (χ1) is 12.9. The number of nitrogen functional groups attached to an aromatic ring is 1. The second kappa shape index (κ2) is 9.38. The van der Waals surface area contributed by atoms with Gasteiger partial charge in [-0.2, -0.15) is 0 Å². The van der Waals surface area contributed by atoms with Gasteiger partial charge in [-0.25, -0.2) is 13.1 Å². The van der Waals surface area contributed by atoms with Crippen molar-refractivity contribution in [3.63, 3.8) is 0 Å². The van der Waals surface area contributed by atoms with Gasteiger partial charge in [0.25, 0.3) is 5.91 Å². The van der Waals surface area contributed by atoms with Crippen molar-refractivity contribution in [2.24, 2.45) is 0 Å². The van der Waals surface area contributed by atoms with Crippen LogP contribution < -0.4 is 15.4 Å². The quantitative estimate of drug-likeness (QED) is 0.545. The van der Waals surface area contributed by atoms with Crippen molar-refractivity contribution < 1.29 is 17.9 Å². The Balaban J connectivity index is 0.00000280. The van der Waals surface area contributed by atoms with Crippen LogP contribution in [0.15, 0.2) is 47.4 Å². The molecular weight excluding hydrogens is 402 g/mol. The molecule has 3 N–H and O–H groups in total. The first kappa shape index (κ1) is 22.2. The first-order valence-corrected chi connectivity index (χ1v) is 10.2. The number of methoxy groups -OCH3 is 1. The predicted molar refractivity (Wildman–Crippen MR) is 112 cm³/mol. The molecule has 0 atom stereocenters. The normalized spacial score (nSPS) is 13.5. The van der Waals surface area contributed by atoms with Crippen molar-refractivity contribution in [2.75, 3.05) is 37.4 Å². The van der Waals surface area contributed by atoms with Crippen molar-refractivity contribution in [3.05, 3.63) is 53.6 Å². The van der Waals surface area contributed by atoms with E-state index < -0.39 is 10.0 Å². The number of amides is 1. The van der Waals surface area contributed by atoms with Crippen LogP contribution >= 0.6 is 12.4 Å². The van der Waals surface area contributed by atoms with E-state index >= 15 is 0 Å². The number of carbonyl (C=O) groups excluding carboxylic acids is 1. The second-order valence-electron chi connectivity index (χ2n) is 6.32. The second-order valence-corrected chi connectivity index (χ2v) is 8.09. The third-order valence-electron chi connectivity index (χ3n) is 4.52. The molecule has 152 valence electrons. The molecule has 1 amide bonds. The molecule has 0 bridgehead atoms. The molecule has 0 aliphatic carbocycles. The third kappa shape index (κ3) is 4.64. The molecule has 2 aromatic carbocycles. The lowest BCUT2D eigenvalue weighted by atomic mass is 9.99. The molecule has 0 radical (unpaired) electrons. The molecule has 2 aromatic rings. The molecule has 28 heavy (non-hydrogen) atoms. The summed E-state index contributed by atoms with van der Waals surface area (Å²) in [7, 11) is -2.21. The minimum absolute atomic E-state index is 0. The fraction of sp³-hybridized carbons (Fsp3) is 0.316. The zero-order valence-corrected chi connectivity index (χ0v) is 17.2. The average molecular weight is 426 g/mol. The lowest BCUT2D eigenvalue weighted by Gasteiger charge is -2.30. The van der Waals surface area contributed by atoms with Gasteiger partial charge in [0.1, 0.15) is 0 Å². The summed E-state index contributed by atoms with van der Waals surface area (Å²) in [5.74, 6) is -0.240. The highest BCUT2D eigenvalue weighted by atomic mass is 35.5. The molecule has 1 aliphatic rings. The maximum Gasteiger partial charge on any atom is 0.258 e. The first-order valence-electron chi connectivity index (χ1n) is 8.72. The molecule has 0 unspecified atom stereocenters. The van der Waals surface area contributed by atoms with Gasteiger partial charge in [-0.3, -0.25) is 4.79 Å². The van der Waals surface area contributed by atoms with E-state index in [-0.39, 0.29) is 36.4 Å². The zero-order chi connectivity index (χ0) is 19.4. The lowest BCUT2D eigenvalue weighted by molar-refractivity contribution is 0.0985. The van der Waals surface area contributed by atoms with Crippen LogP contribution in [0.1, 0.15) is 22.3 Å². The van der Waals surface area contributed by atoms with Crippen LogP contribution in [0.4, 0.5) is 11.4 Å². The Labute approximate surface area is 171 Å². The van der Waals surface area contributed by atoms with Crippen molar-refractivity contribution >= 4 is 39.7 Å². The van der Waals surface area contributed by atoms with Crippen LogP contribution in [0.2, 0.25) is 0 Å². The summed E-state index contributed by atoms with van der Waals surface area (Å²) in [6.45, 7) is 0.998. The summed E-state index contributed by atoms with van der Waals surface area (Å²) in [4.78, 5) is 14.8. The molecule has 0 saturated carbocycles. The van der Waals surface area contributed by atoms with Crippen LogP contribution in [0.5, 0.6) is 0 Å². The van der Waals surface area contributed by atoms with Gasteiger partial charge in [-0.1, -0.05) is 12.1 Å². The number of anilines is 2. The molecule has 0 spiro atoms. The molecule has 7 nitrogen and oxygen atoms in total. The minimum atomic E-state index is -3.71. The highest BCUT2D eigenvalue weighted by Gasteiger charge is 2.25. The number of carbonyl (C=O) groups is 1. The van der Waals surface area contributed by atoms with E-state index in [1.165, 1.54) is 19.2 Å². The lowest BCUT2D eigenvalue weighted by Crippen LogP contribution is -2.36. The van der Waals surface area contributed by atoms with Gasteiger partial charge in [-0.15, -0.1) is 12.4 Å². The van der Waals surface area contributed by atoms with Gasteiger partial charge < -0.3 is 15.4 Å². The van der Waals surface area contributed by atoms with Crippen molar-refractivity contribution in [1.29, 1.82) is 0 Å². The van der Waals surface area contributed by atoms with Crippen LogP contribution in [-0.2, 0) is 21.2 Å². The predicted octanol–water partition coefficient (Wildman–Crippen LogP) is 2.21. The summed E-state index contributed by atoms with van der Waals surface area (Å²) < 4.78 is 32.1. The Kier molecular flexibility index (Phi) is 7.42. The highest BCUT2D eigenvalue weighted by molar-refractivity contribution is 7.89. The standard InChI is InChI=1S/C19H23N3O4S.ClH/c1-26-12-10-21-27(24,25)15-6-2-5-14(13-15)19(23)22-11-4-7-16-17(20)8-3-9-18(16)22;/h2-3,5-6,8-9,13,21H,4,7,10-12,20H2,1H3;1H. The smallest absolute Gasteiger partial charge is 0.258 e. The van der Waals surface area contributed by atoms with E-state index in [2.05, 4.69) is 4.72 Å². The minimum Gasteiger partial charge on any atom is -0.398 e. The van der Waals surface area contributed by atoms with Crippen LogP contribution in [0, 0.1) is 0 Å². The summed E-state index contributed by atoms with van der Waals surface area (Å²) in [6, 6.07) is 11.6. The van der Waals surface area contributed by atoms with Gasteiger partial charge in [0, 0.05) is 37.1 Å². The maximum atomic E-state index is 13.1. The van der Waals surface area contributed by atoms with Gasteiger partial charge in [0.05, 0.1) is 11.5 Å². The largest absolute Gasteiger partial charge is 0.398 e. The van der Waals surface area contributed by atoms with Crippen molar-refractivity contribution in [2.45, 2.75) is 17.7 Å². The summed E-state index contributed by atoms with van der Waals surface area (Å²) in [5, 5.41) is 0. The molecule has 9 heteroatoms. The topological polar surface area (TPSA) is 102 Å². The molecular formula is C19H24ClN3O4S. The van der Waals surface area contributed by atoms with E-state index in [0.717, 1.165) is 24.1 Å². The molecule has 0 fully saturated rings. The number of halogens is 1.